The highest BCUT2D eigenvalue weighted by Crippen LogP contribution is 2.39. The van der Waals surface area contributed by atoms with Crippen LogP contribution in [0.3, 0.4) is 0 Å². The summed E-state index contributed by atoms with van der Waals surface area (Å²) in [6, 6.07) is 5.38. The van der Waals surface area contributed by atoms with Crippen LogP contribution in [0.15, 0.2) is 24.3 Å². The van der Waals surface area contributed by atoms with Crippen LogP contribution in [-0.4, -0.2) is 9.55 Å². The van der Waals surface area contributed by atoms with Gasteiger partial charge in [-0.15, -0.1) is 0 Å². The van der Waals surface area contributed by atoms with Crippen molar-refractivity contribution in [1.82, 2.24) is 9.55 Å². The fourth-order valence-electron chi connectivity index (χ4n) is 2.39. The van der Waals surface area contributed by atoms with E-state index in [0.717, 1.165) is 6.07 Å². The van der Waals surface area contributed by atoms with Gasteiger partial charge in [-0.2, -0.15) is 13.2 Å². The Hall–Kier alpha value is -1.98. The number of nitrogen functional groups attached to an aromatic ring is 1. The van der Waals surface area contributed by atoms with Gasteiger partial charge in [0.05, 0.1) is 5.56 Å². The van der Waals surface area contributed by atoms with Crippen LogP contribution < -0.4 is 5.73 Å². The zero-order valence-electron chi connectivity index (χ0n) is 12.2. The third-order valence-corrected chi connectivity index (χ3v) is 3.36. The highest BCUT2D eigenvalue weighted by Gasteiger charge is 2.34. The molecular weight excluding hydrogens is 279 g/mol. The van der Waals surface area contributed by atoms with Crippen LogP contribution in [0.5, 0.6) is 0 Å². The molecule has 1 heterocycles. The molecule has 2 aromatic rings. The number of benzene rings is 1. The quantitative estimate of drug-likeness (QED) is 0.918. The van der Waals surface area contributed by atoms with Crippen LogP contribution in [0.25, 0.3) is 11.3 Å². The molecule has 3 nitrogen and oxygen atoms in total. The first-order valence-corrected chi connectivity index (χ1v) is 6.79. The number of anilines is 1. The molecule has 0 aliphatic rings. The largest absolute Gasteiger partial charge is 0.417 e. The molecule has 1 aromatic heterocycles. The summed E-state index contributed by atoms with van der Waals surface area (Å²) in [6.45, 7) is 6.34. The molecular formula is C15H18F3N3. The minimum absolute atomic E-state index is 0.0246. The minimum Gasteiger partial charge on any atom is -0.383 e. The van der Waals surface area contributed by atoms with E-state index in [1.54, 1.807) is 10.6 Å². The SMILES string of the molecule is CCn1c(C(C)C)nc(-c2ccccc2C(F)(F)F)c1N. The Labute approximate surface area is 121 Å². The molecule has 0 atom stereocenters. The van der Waals surface area contributed by atoms with Gasteiger partial charge >= 0.3 is 6.18 Å². The highest BCUT2D eigenvalue weighted by atomic mass is 19.4. The third-order valence-electron chi connectivity index (χ3n) is 3.36. The number of nitrogens with two attached hydrogens (primary N) is 1. The smallest absolute Gasteiger partial charge is 0.383 e. The Balaban J connectivity index is 2.69. The molecule has 0 bridgehead atoms. The molecule has 1 aromatic carbocycles. The predicted molar refractivity (Wildman–Crippen MR) is 76.8 cm³/mol. The van der Waals surface area contributed by atoms with Gasteiger partial charge in [-0.05, 0) is 13.0 Å². The second-order valence-corrected chi connectivity index (χ2v) is 5.15. The molecule has 0 spiro atoms. The third kappa shape index (κ3) is 2.75. The Kier molecular flexibility index (Phi) is 3.98. The molecule has 0 unspecified atom stereocenters. The average Bonchev–Trinajstić information content (AvgIpc) is 2.74. The van der Waals surface area contributed by atoms with E-state index in [0.29, 0.717) is 12.4 Å². The van der Waals surface area contributed by atoms with Crippen molar-refractivity contribution < 1.29 is 13.2 Å². The van der Waals surface area contributed by atoms with E-state index in [-0.39, 0.29) is 23.0 Å². The lowest BCUT2D eigenvalue weighted by Gasteiger charge is -2.11. The van der Waals surface area contributed by atoms with Crippen LogP contribution in [0.1, 0.15) is 38.1 Å². The number of rotatable bonds is 3. The van der Waals surface area contributed by atoms with Crippen LogP contribution in [0.2, 0.25) is 0 Å². The Morgan fingerprint density at radius 1 is 1.24 bits per heavy atom. The van der Waals surface area contributed by atoms with Crippen LogP contribution >= 0.6 is 0 Å². The van der Waals surface area contributed by atoms with E-state index in [2.05, 4.69) is 4.98 Å². The monoisotopic (exact) mass is 297 g/mol. The molecule has 0 fully saturated rings. The number of imidazole rings is 1. The van der Waals surface area contributed by atoms with Gasteiger partial charge in [0.15, 0.2) is 0 Å². The van der Waals surface area contributed by atoms with Crippen LogP contribution in [0, 0.1) is 0 Å². The summed E-state index contributed by atoms with van der Waals surface area (Å²) in [7, 11) is 0. The normalized spacial score (nSPS) is 12.1. The Morgan fingerprint density at radius 3 is 2.33 bits per heavy atom. The zero-order chi connectivity index (χ0) is 15.8. The first-order valence-electron chi connectivity index (χ1n) is 6.79. The van der Waals surface area contributed by atoms with E-state index < -0.39 is 11.7 Å². The van der Waals surface area contributed by atoms with Crippen molar-refractivity contribution in [1.29, 1.82) is 0 Å². The van der Waals surface area contributed by atoms with Crippen molar-refractivity contribution >= 4 is 5.82 Å². The molecule has 2 rings (SSSR count). The first kappa shape index (κ1) is 15.4. The topological polar surface area (TPSA) is 43.8 Å². The molecule has 0 aliphatic carbocycles. The summed E-state index contributed by atoms with van der Waals surface area (Å²) in [6.07, 6.45) is -4.43. The number of nitrogens with zero attached hydrogens (tertiary/aromatic N) is 2. The fourth-order valence-corrected chi connectivity index (χ4v) is 2.39. The number of hydrogen-bond acceptors (Lipinski definition) is 2. The molecule has 0 radical (unpaired) electrons. The molecule has 0 aliphatic heterocycles. The standard InChI is InChI=1S/C15H18F3N3/c1-4-21-13(19)12(20-14(21)9(2)3)10-7-5-6-8-11(10)15(16,17)18/h5-9H,4,19H2,1-3H3. The van der Waals surface area contributed by atoms with E-state index in [4.69, 9.17) is 5.73 Å². The van der Waals surface area contributed by atoms with E-state index in [1.807, 2.05) is 20.8 Å². The maximum absolute atomic E-state index is 13.1. The van der Waals surface area contributed by atoms with Gasteiger partial charge < -0.3 is 10.3 Å². The number of alkyl halides is 3. The highest BCUT2D eigenvalue weighted by molar-refractivity contribution is 5.74. The minimum atomic E-state index is -4.43. The summed E-state index contributed by atoms with van der Waals surface area (Å²) >= 11 is 0. The second-order valence-electron chi connectivity index (χ2n) is 5.15. The second kappa shape index (κ2) is 5.42. The maximum Gasteiger partial charge on any atom is 0.417 e. The van der Waals surface area contributed by atoms with Crippen molar-refractivity contribution in [2.75, 3.05) is 5.73 Å². The van der Waals surface area contributed by atoms with Crippen LogP contribution in [-0.2, 0) is 12.7 Å². The Morgan fingerprint density at radius 2 is 1.86 bits per heavy atom. The van der Waals surface area contributed by atoms with E-state index in [1.165, 1.54) is 12.1 Å². The number of halogens is 3. The van der Waals surface area contributed by atoms with Crippen molar-refractivity contribution in [3.63, 3.8) is 0 Å². The lowest BCUT2D eigenvalue weighted by Crippen LogP contribution is -2.08. The van der Waals surface area contributed by atoms with Crippen molar-refractivity contribution in [2.45, 2.75) is 39.4 Å². The molecule has 114 valence electrons. The van der Waals surface area contributed by atoms with E-state index in [9.17, 15) is 13.2 Å². The predicted octanol–water partition coefficient (Wildman–Crippen LogP) is 4.29. The molecule has 2 N–H and O–H groups in total. The van der Waals surface area contributed by atoms with Crippen molar-refractivity contribution in [3.05, 3.63) is 35.7 Å². The average molecular weight is 297 g/mol. The summed E-state index contributed by atoms with van der Waals surface area (Å²) in [5.74, 6) is 1.05. The summed E-state index contributed by atoms with van der Waals surface area (Å²) in [4.78, 5) is 4.36. The van der Waals surface area contributed by atoms with Gasteiger partial charge in [0.25, 0.3) is 0 Å². The molecule has 6 heteroatoms. The molecule has 0 saturated heterocycles. The number of aromatic nitrogens is 2. The van der Waals surface area contributed by atoms with Gasteiger partial charge in [0.2, 0.25) is 0 Å². The lowest BCUT2D eigenvalue weighted by atomic mass is 10.0. The molecule has 0 saturated carbocycles. The van der Waals surface area contributed by atoms with Crippen LogP contribution in [0.4, 0.5) is 19.0 Å². The van der Waals surface area contributed by atoms with Gasteiger partial charge in [-0.3, -0.25) is 0 Å². The number of hydrogen-bond donors (Lipinski definition) is 1. The summed E-state index contributed by atoms with van der Waals surface area (Å²) in [5, 5.41) is 0. The summed E-state index contributed by atoms with van der Waals surface area (Å²) < 4.78 is 41.2. The van der Waals surface area contributed by atoms with E-state index >= 15 is 0 Å². The van der Waals surface area contributed by atoms with Gasteiger partial charge in [0, 0.05) is 18.0 Å². The Bertz CT molecular complexity index is 642. The van der Waals surface area contributed by atoms with Gasteiger partial charge in [0.1, 0.15) is 17.3 Å². The van der Waals surface area contributed by atoms with Crippen molar-refractivity contribution in [3.8, 4) is 11.3 Å². The molecule has 0 amide bonds. The van der Waals surface area contributed by atoms with Crippen molar-refractivity contribution in [2.24, 2.45) is 0 Å². The van der Waals surface area contributed by atoms with Gasteiger partial charge in [-0.25, -0.2) is 4.98 Å². The fraction of sp³-hybridized carbons (Fsp3) is 0.400. The van der Waals surface area contributed by atoms with Gasteiger partial charge in [-0.1, -0.05) is 32.0 Å². The lowest BCUT2D eigenvalue weighted by molar-refractivity contribution is -0.137. The maximum atomic E-state index is 13.1. The zero-order valence-corrected chi connectivity index (χ0v) is 12.2. The first-order chi connectivity index (χ1) is 9.77. The summed E-state index contributed by atoms with van der Waals surface area (Å²) in [5.41, 5.74) is 5.54. The molecule has 21 heavy (non-hydrogen) atoms.